The first kappa shape index (κ1) is 18.7. The molecule has 1 aromatic heterocycles. The third-order valence-electron chi connectivity index (χ3n) is 4.51. The van der Waals surface area contributed by atoms with E-state index in [4.69, 9.17) is 0 Å². The number of nitrogens with one attached hydrogen (secondary N) is 1. The summed E-state index contributed by atoms with van der Waals surface area (Å²) in [6.07, 6.45) is 0. The van der Waals surface area contributed by atoms with Gasteiger partial charge in [-0.05, 0) is 57.5 Å². The van der Waals surface area contributed by atoms with Crippen molar-refractivity contribution in [2.45, 2.75) is 52.2 Å². The molecule has 0 fully saturated rings. The molecule has 24 heavy (non-hydrogen) atoms. The van der Waals surface area contributed by atoms with Crippen molar-refractivity contribution in [3.8, 4) is 5.69 Å². The van der Waals surface area contributed by atoms with Gasteiger partial charge in [-0.15, -0.1) is 0 Å². The number of hydrogen-bond acceptors (Lipinski definition) is 2. The minimum atomic E-state index is -3.25. The Morgan fingerprint density at radius 2 is 1.50 bits per heavy atom. The maximum absolute atomic E-state index is 12.0. The lowest BCUT2D eigenvalue weighted by Crippen LogP contribution is -2.39. The zero-order valence-corrected chi connectivity index (χ0v) is 16.2. The smallest absolute Gasteiger partial charge is 0.213 e. The summed E-state index contributed by atoms with van der Waals surface area (Å²) in [6.45, 7) is 12.0. The molecule has 4 nitrogen and oxygen atoms in total. The lowest BCUT2D eigenvalue weighted by atomic mass is 9.85. The van der Waals surface area contributed by atoms with Crippen LogP contribution >= 0.6 is 0 Å². The van der Waals surface area contributed by atoms with Crippen molar-refractivity contribution >= 4 is 10.0 Å². The van der Waals surface area contributed by atoms with Gasteiger partial charge in [0.25, 0.3) is 0 Å². The second kappa shape index (κ2) is 6.73. The fraction of sp³-hybridized carbons (Fsp3) is 0.474. The number of sulfonamides is 1. The molecule has 0 spiro atoms. The van der Waals surface area contributed by atoms with E-state index in [9.17, 15) is 8.42 Å². The largest absolute Gasteiger partial charge is 0.319 e. The summed E-state index contributed by atoms with van der Waals surface area (Å²) in [7, 11) is -3.25. The van der Waals surface area contributed by atoms with Crippen LogP contribution in [0.15, 0.2) is 36.4 Å². The summed E-state index contributed by atoms with van der Waals surface area (Å²) in [5.74, 6) is 0. The van der Waals surface area contributed by atoms with Crippen LogP contribution in [0, 0.1) is 13.8 Å². The van der Waals surface area contributed by atoms with Crippen LogP contribution in [0.5, 0.6) is 0 Å². The van der Waals surface area contributed by atoms with Gasteiger partial charge in [0.15, 0.2) is 0 Å². The minimum absolute atomic E-state index is 0.277. The maximum atomic E-state index is 12.0. The van der Waals surface area contributed by atoms with Gasteiger partial charge in [0, 0.05) is 29.0 Å². The lowest BCUT2D eigenvalue weighted by molar-refractivity contribution is 0.498. The van der Waals surface area contributed by atoms with Crippen LogP contribution in [0.4, 0.5) is 0 Å². The van der Waals surface area contributed by atoms with Crippen LogP contribution in [-0.4, -0.2) is 24.8 Å². The van der Waals surface area contributed by atoms with Gasteiger partial charge in [-0.2, -0.15) is 0 Å². The van der Waals surface area contributed by atoms with Crippen molar-refractivity contribution in [1.29, 1.82) is 0 Å². The van der Waals surface area contributed by atoms with Crippen LogP contribution < -0.4 is 4.72 Å². The second-order valence-corrected chi connectivity index (χ2v) is 9.62. The molecule has 0 amide bonds. The quantitative estimate of drug-likeness (QED) is 0.865. The Morgan fingerprint density at radius 1 is 1.00 bits per heavy atom. The van der Waals surface area contributed by atoms with Crippen molar-refractivity contribution in [2.24, 2.45) is 0 Å². The lowest BCUT2D eigenvalue weighted by Gasteiger charge is -2.26. The fourth-order valence-electron chi connectivity index (χ4n) is 2.69. The zero-order chi connectivity index (χ0) is 18.1. The van der Waals surface area contributed by atoms with Gasteiger partial charge in [-0.25, -0.2) is 13.1 Å². The molecule has 0 unspecified atom stereocenters. The van der Waals surface area contributed by atoms with E-state index >= 15 is 0 Å². The first-order valence-corrected chi connectivity index (χ1v) is 9.83. The number of rotatable bonds is 6. The normalized spacial score (nSPS) is 12.8. The zero-order valence-electron chi connectivity index (χ0n) is 15.4. The predicted molar refractivity (Wildman–Crippen MR) is 100 cm³/mol. The molecule has 0 atom stereocenters. The highest BCUT2D eigenvalue weighted by molar-refractivity contribution is 7.90. The average Bonchev–Trinajstić information content (AvgIpc) is 2.84. The van der Waals surface area contributed by atoms with Crippen LogP contribution in [0.25, 0.3) is 5.69 Å². The summed E-state index contributed by atoms with van der Waals surface area (Å²) in [5.41, 5.74) is 4.35. The summed E-state index contributed by atoms with van der Waals surface area (Å²) < 4.78 is 28.9. The van der Waals surface area contributed by atoms with Crippen molar-refractivity contribution in [1.82, 2.24) is 9.29 Å². The SMILES string of the molecule is Cc1ccc(C)n1-c1ccc(C(C)(C)CNS(=O)(=O)C(C)C)cc1. The van der Waals surface area contributed by atoms with E-state index < -0.39 is 15.3 Å². The van der Waals surface area contributed by atoms with Crippen molar-refractivity contribution in [3.63, 3.8) is 0 Å². The molecular weight excluding hydrogens is 320 g/mol. The molecule has 1 N–H and O–H groups in total. The molecule has 0 aliphatic rings. The average molecular weight is 349 g/mol. The van der Waals surface area contributed by atoms with Gasteiger partial charge in [-0.1, -0.05) is 26.0 Å². The van der Waals surface area contributed by atoms with Gasteiger partial charge in [-0.3, -0.25) is 0 Å². The van der Waals surface area contributed by atoms with E-state index in [0.29, 0.717) is 6.54 Å². The Labute approximate surface area is 146 Å². The highest BCUT2D eigenvalue weighted by Crippen LogP contribution is 2.25. The molecule has 0 aliphatic carbocycles. The molecule has 0 saturated heterocycles. The van der Waals surface area contributed by atoms with Gasteiger partial charge in [0.2, 0.25) is 10.0 Å². The summed E-state index contributed by atoms with van der Waals surface area (Å²) in [4.78, 5) is 0. The van der Waals surface area contributed by atoms with Crippen LogP contribution in [0.3, 0.4) is 0 Å². The maximum Gasteiger partial charge on any atom is 0.213 e. The number of nitrogens with zero attached hydrogens (tertiary/aromatic N) is 1. The van der Waals surface area contributed by atoms with Gasteiger partial charge in [0.1, 0.15) is 0 Å². The Balaban J connectivity index is 2.20. The summed E-state index contributed by atoms with van der Waals surface area (Å²) in [5, 5.41) is -0.421. The number of benzene rings is 1. The molecule has 1 heterocycles. The van der Waals surface area contributed by atoms with E-state index in [2.05, 4.69) is 73.4 Å². The molecule has 0 bridgehead atoms. The Hall–Kier alpha value is -1.59. The standard InChI is InChI=1S/C19H28N2O2S/c1-14(2)24(22,23)20-13-19(5,6)17-9-11-18(12-10-17)21-15(3)7-8-16(21)4/h7-12,14,20H,13H2,1-6H3. The van der Waals surface area contributed by atoms with Crippen molar-refractivity contribution < 1.29 is 8.42 Å². The third-order valence-corrected chi connectivity index (χ3v) is 6.30. The van der Waals surface area contributed by atoms with Crippen molar-refractivity contribution in [2.75, 3.05) is 6.54 Å². The molecule has 0 aliphatic heterocycles. The summed E-state index contributed by atoms with van der Waals surface area (Å²) in [6, 6.07) is 12.6. The van der Waals surface area contributed by atoms with Crippen LogP contribution in [0.2, 0.25) is 0 Å². The van der Waals surface area contributed by atoms with E-state index in [1.807, 2.05) is 0 Å². The highest BCUT2D eigenvalue weighted by Gasteiger charge is 2.24. The first-order valence-electron chi connectivity index (χ1n) is 8.29. The second-order valence-electron chi connectivity index (χ2n) is 7.30. The number of aromatic nitrogens is 1. The third kappa shape index (κ3) is 3.90. The van der Waals surface area contributed by atoms with Crippen molar-refractivity contribution in [3.05, 3.63) is 53.3 Å². The van der Waals surface area contributed by atoms with Gasteiger partial charge in [0.05, 0.1) is 5.25 Å². The van der Waals surface area contributed by atoms with Gasteiger partial charge < -0.3 is 4.57 Å². The molecule has 2 aromatic rings. The minimum Gasteiger partial charge on any atom is -0.319 e. The fourth-order valence-corrected chi connectivity index (χ4v) is 3.58. The Kier molecular flexibility index (Phi) is 5.25. The molecule has 1 aromatic carbocycles. The van der Waals surface area contributed by atoms with E-state index in [1.54, 1.807) is 13.8 Å². The molecule has 132 valence electrons. The Bertz CT molecular complexity index is 781. The van der Waals surface area contributed by atoms with Crippen LogP contribution in [0.1, 0.15) is 44.6 Å². The molecule has 2 rings (SSSR count). The predicted octanol–water partition coefficient (Wildman–Crippen LogP) is 3.70. The van der Waals surface area contributed by atoms with E-state index in [-0.39, 0.29) is 5.41 Å². The van der Waals surface area contributed by atoms with E-state index in [1.165, 1.54) is 11.4 Å². The van der Waals surface area contributed by atoms with Gasteiger partial charge >= 0.3 is 0 Å². The molecule has 0 saturated carbocycles. The topological polar surface area (TPSA) is 51.1 Å². The molecular formula is C19H28N2O2S. The summed E-state index contributed by atoms with van der Waals surface area (Å²) >= 11 is 0. The number of hydrogen-bond donors (Lipinski definition) is 1. The number of aryl methyl sites for hydroxylation is 2. The first-order chi connectivity index (χ1) is 11.0. The molecule has 0 radical (unpaired) electrons. The Morgan fingerprint density at radius 3 is 1.96 bits per heavy atom. The molecule has 5 heteroatoms. The van der Waals surface area contributed by atoms with Crippen LogP contribution in [-0.2, 0) is 15.4 Å². The van der Waals surface area contributed by atoms with E-state index in [0.717, 1.165) is 11.3 Å². The monoisotopic (exact) mass is 348 g/mol. The highest BCUT2D eigenvalue weighted by atomic mass is 32.2.